The van der Waals surface area contributed by atoms with E-state index in [-0.39, 0.29) is 0 Å². The van der Waals surface area contributed by atoms with Crippen LogP contribution in [0.15, 0.2) is 23.2 Å². The Balaban J connectivity index is 2.21. The fourth-order valence-electron chi connectivity index (χ4n) is 2.68. The topological polar surface area (TPSA) is 37.4 Å². The number of hydrogen-bond acceptors (Lipinski definition) is 2. The highest BCUT2D eigenvalue weighted by molar-refractivity contribution is 6.07. The summed E-state index contributed by atoms with van der Waals surface area (Å²) in [6, 6.07) is 6.23. The number of rotatable bonds is 2. The van der Waals surface area contributed by atoms with Crippen molar-refractivity contribution in [1.29, 1.82) is 0 Å². The Morgan fingerprint density at radius 1 is 1.33 bits per heavy atom. The highest BCUT2D eigenvalue weighted by Gasteiger charge is 2.21. The summed E-state index contributed by atoms with van der Waals surface area (Å²) < 4.78 is 5.28. The first kappa shape index (κ1) is 11.3. The van der Waals surface area contributed by atoms with E-state index < -0.39 is 0 Å². The summed E-state index contributed by atoms with van der Waals surface area (Å²) in [5, 5.41) is 1.30. The van der Waals surface area contributed by atoms with Crippen LogP contribution in [-0.4, -0.2) is 24.4 Å². The van der Waals surface area contributed by atoms with E-state index in [1.54, 1.807) is 7.11 Å². The number of aromatic nitrogens is 1. The van der Waals surface area contributed by atoms with Gasteiger partial charge in [0.1, 0.15) is 5.75 Å². The Labute approximate surface area is 107 Å². The van der Waals surface area contributed by atoms with Crippen LogP contribution in [0, 0.1) is 5.92 Å². The van der Waals surface area contributed by atoms with Crippen molar-refractivity contribution in [3.8, 4) is 5.75 Å². The van der Waals surface area contributed by atoms with Gasteiger partial charge in [-0.3, -0.25) is 4.99 Å². The van der Waals surface area contributed by atoms with E-state index in [9.17, 15) is 0 Å². The molecule has 1 aliphatic rings. The second-order valence-corrected chi connectivity index (χ2v) is 5.06. The highest BCUT2D eigenvalue weighted by atomic mass is 16.5. The molecule has 0 saturated carbocycles. The lowest BCUT2D eigenvalue weighted by Gasteiger charge is -2.15. The number of fused-ring (bicyclic) bond motifs is 3. The van der Waals surface area contributed by atoms with Crippen molar-refractivity contribution in [1.82, 2.24) is 4.98 Å². The lowest BCUT2D eigenvalue weighted by atomic mass is 9.96. The number of aliphatic imine (C=N–C) groups is 1. The Bertz CT molecular complexity index is 623. The monoisotopic (exact) mass is 242 g/mol. The van der Waals surface area contributed by atoms with Crippen LogP contribution >= 0.6 is 0 Å². The molecule has 0 spiro atoms. The first-order valence-electron chi connectivity index (χ1n) is 6.44. The predicted molar refractivity (Wildman–Crippen MR) is 74.8 cm³/mol. The van der Waals surface area contributed by atoms with E-state index in [1.807, 2.05) is 6.07 Å². The second kappa shape index (κ2) is 4.16. The van der Waals surface area contributed by atoms with Gasteiger partial charge in [0, 0.05) is 23.5 Å². The molecule has 0 aliphatic carbocycles. The molecule has 0 atom stereocenters. The van der Waals surface area contributed by atoms with Crippen LogP contribution in [0.5, 0.6) is 5.75 Å². The first-order chi connectivity index (χ1) is 8.70. The third-order valence-electron chi connectivity index (χ3n) is 3.56. The smallest absolute Gasteiger partial charge is 0.120 e. The zero-order valence-corrected chi connectivity index (χ0v) is 11.1. The summed E-state index contributed by atoms with van der Waals surface area (Å²) in [4.78, 5) is 8.17. The average Bonchev–Trinajstić information content (AvgIpc) is 2.75. The Kier molecular flexibility index (Phi) is 2.62. The molecule has 94 valence electrons. The van der Waals surface area contributed by atoms with E-state index in [0.717, 1.165) is 24.2 Å². The number of nitrogens with one attached hydrogen (secondary N) is 1. The highest BCUT2D eigenvalue weighted by Crippen LogP contribution is 2.30. The van der Waals surface area contributed by atoms with E-state index in [1.165, 1.54) is 22.4 Å². The van der Waals surface area contributed by atoms with Crippen LogP contribution in [0.25, 0.3) is 10.9 Å². The van der Waals surface area contributed by atoms with Gasteiger partial charge >= 0.3 is 0 Å². The minimum atomic E-state index is 0.457. The summed E-state index contributed by atoms with van der Waals surface area (Å²) in [5.74, 6) is 1.35. The van der Waals surface area contributed by atoms with Gasteiger partial charge in [0.15, 0.2) is 0 Å². The van der Waals surface area contributed by atoms with Gasteiger partial charge in [-0.1, -0.05) is 13.8 Å². The summed E-state index contributed by atoms with van der Waals surface area (Å²) in [5.41, 5.74) is 4.98. The largest absolute Gasteiger partial charge is 0.497 e. The molecule has 0 fully saturated rings. The van der Waals surface area contributed by atoms with Gasteiger partial charge in [-0.25, -0.2) is 0 Å². The predicted octanol–water partition coefficient (Wildman–Crippen LogP) is 3.18. The van der Waals surface area contributed by atoms with Gasteiger partial charge < -0.3 is 9.72 Å². The van der Waals surface area contributed by atoms with Gasteiger partial charge in [0.2, 0.25) is 0 Å². The van der Waals surface area contributed by atoms with Crippen LogP contribution in [0.3, 0.4) is 0 Å². The quantitative estimate of drug-likeness (QED) is 0.862. The van der Waals surface area contributed by atoms with Crippen LogP contribution in [0.1, 0.15) is 25.1 Å². The molecule has 3 nitrogen and oxygen atoms in total. The molecule has 0 unspecified atom stereocenters. The summed E-state index contributed by atoms with van der Waals surface area (Å²) in [7, 11) is 1.70. The number of benzene rings is 1. The fourth-order valence-corrected chi connectivity index (χ4v) is 2.68. The fraction of sp³-hybridized carbons (Fsp3) is 0.400. The average molecular weight is 242 g/mol. The van der Waals surface area contributed by atoms with Crippen molar-refractivity contribution in [3.63, 3.8) is 0 Å². The Hall–Kier alpha value is -1.77. The molecule has 0 bridgehead atoms. The number of nitrogens with zero attached hydrogens (tertiary/aromatic N) is 1. The number of methoxy groups -OCH3 is 1. The molecule has 1 N–H and O–H groups in total. The minimum Gasteiger partial charge on any atom is -0.497 e. The molecular formula is C15H18N2O. The normalized spacial score (nSPS) is 14.8. The molecule has 0 saturated heterocycles. The van der Waals surface area contributed by atoms with E-state index >= 15 is 0 Å². The molecule has 18 heavy (non-hydrogen) atoms. The maximum Gasteiger partial charge on any atom is 0.120 e. The van der Waals surface area contributed by atoms with E-state index in [2.05, 4.69) is 36.0 Å². The molecule has 0 amide bonds. The molecule has 0 radical (unpaired) electrons. The van der Waals surface area contributed by atoms with Gasteiger partial charge in [-0.15, -0.1) is 0 Å². The minimum absolute atomic E-state index is 0.457. The van der Waals surface area contributed by atoms with Gasteiger partial charge in [0.05, 0.1) is 18.5 Å². The summed E-state index contributed by atoms with van der Waals surface area (Å²) >= 11 is 0. The zero-order chi connectivity index (χ0) is 12.7. The third kappa shape index (κ3) is 1.62. The maximum absolute atomic E-state index is 5.28. The first-order valence-corrected chi connectivity index (χ1v) is 6.44. The molecule has 1 aromatic heterocycles. The maximum atomic E-state index is 5.28. The van der Waals surface area contributed by atoms with Crippen molar-refractivity contribution in [2.75, 3.05) is 13.7 Å². The second-order valence-electron chi connectivity index (χ2n) is 5.06. The molecule has 3 heteroatoms. The number of ether oxygens (including phenoxy) is 1. The molecular weight excluding hydrogens is 224 g/mol. The van der Waals surface area contributed by atoms with Crippen molar-refractivity contribution in [2.45, 2.75) is 20.3 Å². The lowest BCUT2D eigenvalue weighted by Crippen LogP contribution is -2.17. The van der Waals surface area contributed by atoms with Crippen molar-refractivity contribution in [2.24, 2.45) is 10.9 Å². The van der Waals surface area contributed by atoms with Crippen molar-refractivity contribution < 1.29 is 4.74 Å². The molecule has 2 heterocycles. The van der Waals surface area contributed by atoms with Gasteiger partial charge in [0.25, 0.3) is 0 Å². The van der Waals surface area contributed by atoms with Crippen molar-refractivity contribution >= 4 is 16.6 Å². The van der Waals surface area contributed by atoms with Crippen LogP contribution < -0.4 is 4.74 Å². The number of aromatic amines is 1. The molecule has 3 rings (SSSR count). The Morgan fingerprint density at radius 3 is 2.89 bits per heavy atom. The summed E-state index contributed by atoms with van der Waals surface area (Å²) in [6.07, 6.45) is 1.03. The standard InChI is InChI=1S/C15H18N2O/c1-9(2)14-15-12(6-7-16-14)11-5-4-10(18-3)8-13(11)17-15/h4-5,8-9,17H,6-7H2,1-3H3. The zero-order valence-electron chi connectivity index (χ0n) is 11.1. The Morgan fingerprint density at radius 2 is 2.17 bits per heavy atom. The molecule has 2 aromatic rings. The molecule has 1 aromatic carbocycles. The molecule has 1 aliphatic heterocycles. The summed E-state index contributed by atoms with van der Waals surface area (Å²) in [6.45, 7) is 5.29. The number of H-pyrrole nitrogens is 1. The van der Waals surface area contributed by atoms with Crippen LogP contribution in [-0.2, 0) is 6.42 Å². The van der Waals surface area contributed by atoms with Crippen LogP contribution in [0.4, 0.5) is 0 Å². The number of hydrogen-bond donors (Lipinski definition) is 1. The van der Waals surface area contributed by atoms with Gasteiger partial charge in [-0.2, -0.15) is 0 Å². The third-order valence-corrected chi connectivity index (χ3v) is 3.56. The van der Waals surface area contributed by atoms with E-state index in [4.69, 9.17) is 4.74 Å². The van der Waals surface area contributed by atoms with Crippen molar-refractivity contribution in [3.05, 3.63) is 29.5 Å². The van der Waals surface area contributed by atoms with Crippen LogP contribution in [0.2, 0.25) is 0 Å². The lowest BCUT2D eigenvalue weighted by molar-refractivity contribution is 0.415. The van der Waals surface area contributed by atoms with Gasteiger partial charge in [-0.05, 0) is 30.0 Å². The van der Waals surface area contributed by atoms with E-state index in [0.29, 0.717) is 5.92 Å². The SMILES string of the molecule is COc1ccc2c3c([nH]c2c1)C(C(C)C)=NCC3.